The first-order valence-corrected chi connectivity index (χ1v) is 13.3. The number of piperidine rings is 1. The van der Waals surface area contributed by atoms with Crippen molar-refractivity contribution in [3.05, 3.63) is 126 Å². The SMILES string of the molecule is CN(C)C1CNCC(Nc2ncnc3c2ccn3C(c2ccccc2)(c2ccccc2)c2ccccc2)C1. The second-order valence-electron chi connectivity index (χ2n) is 10.3. The van der Waals surface area contributed by atoms with E-state index in [4.69, 9.17) is 9.97 Å². The maximum atomic E-state index is 4.87. The van der Waals surface area contributed by atoms with Crippen molar-refractivity contribution in [3.8, 4) is 0 Å². The third kappa shape index (κ3) is 4.26. The Balaban J connectivity index is 1.53. The fourth-order valence-electron chi connectivity index (χ4n) is 5.91. The maximum Gasteiger partial charge on any atom is 0.146 e. The van der Waals surface area contributed by atoms with E-state index in [0.717, 1.165) is 36.4 Å². The van der Waals surface area contributed by atoms with Gasteiger partial charge in [0.15, 0.2) is 0 Å². The molecule has 3 aromatic carbocycles. The molecular formula is C32H34N6. The Hall–Kier alpha value is -4.00. The van der Waals surface area contributed by atoms with E-state index >= 15 is 0 Å². The lowest BCUT2D eigenvalue weighted by Crippen LogP contribution is -2.50. The molecule has 0 amide bonds. The lowest BCUT2D eigenvalue weighted by molar-refractivity contribution is 0.233. The van der Waals surface area contributed by atoms with Crippen LogP contribution < -0.4 is 10.6 Å². The number of hydrogen-bond donors (Lipinski definition) is 2. The van der Waals surface area contributed by atoms with Gasteiger partial charge in [0.25, 0.3) is 0 Å². The molecular weight excluding hydrogens is 468 g/mol. The summed E-state index contributed by atoms with van der Waals surface area (Å²) in [7, 11) is 4.29. The van der Waals surface area contributed by atoms with Crippen molar-refractivity contribution < 1.29 is 0 Å². The summed E-state index contributed by atoms with van der Waals surface area (Å²) in [6, 6.07) is 35.1. The van der Waals surface area contributed by atoms with Gasteiger partial charge in [0.1, 0.15) is 23.3 Å². The first-order chi connectivity index (χ1) is 18.7. The molecule has 5 aromatic rings. The minimum absolute atomic E-state index is 0.291. The van der Waals surface area contributed by atoms with Crippen LogP contribution in [0.3, 0.4) is 0 Å². The number of hydrogen-bond acceptors (Lipinski definition) is 5. The number of nitrogens with zero attached hydrogens (tertiary/aromatic N) is 4. The van der Waals surface area contributed by atoms with Gasteiger partial charge in [-0.05, 0) is 43.3 Å². The average Bonchev–Trinajstić information content (AvgIpc) is 3.41. The summed E-state index contributed by atoms with van der Waals surface area (Å²) in [6.07, 6.45) is 4.92. The zero-order chi connectivity index (χ0) is 26.0. The molecule has 1 aliphatic heterocycles. The van der Waals surface area contributed by atoms with Crippen LogP contribution in [0.15, 0.2) is 110 Å². The summed E-state index contributed by atoms with van der Waals surface area (Å²) < 4.78 is 2.32. The molecule has 0 bridgehead atoms. The van der Waals surface area contributed by atoms with Crippen LogP contribution >= 0.6 is 0 Å². The summed E-state index contributed by atoms with van der Waals surface area (Å²) in [5.74, 6) is 0.878. The monoisotopic (exact) mass is 502 g/mol. The van der Waals surface area contributed by atoms with E-state index in [1.807, 2.05) is 0 Å². The summed E-state index contributed by atoms with van der Waals surface area (Å²) in [5.41, 5.74) is 3.81. The largest absolute Gasteiger partial charge is 0.365 e. The second kappa shape index (κ2) is 10.4. The third-order valence-electron chi connectivity index (χ3n) is 7.82. The molecule has 6 rings (SSSR count). The molecule has 38 heavy (non-hydrogen) atoms. The quantitative estimate of drug-likeness (QED) is 0.308. The molecule has 1 fully saturated rings. The highest BCUT2D eigenvalue weighted by Crippen LogP contribution is 2.43. The first kappa shape index (κ1) is 24.3. The Morgan fingerprint density at radius 1 is 0.789 bits per heavy atom. The zero-order valence-corrected chi connectivity index (χ0v) is 22.0. The van der Waals surface area contributed by atoms with Crippen molar-refractivity contribution in [1.82, 2.24) is 24.8 Å². The van der Waals surface area contributed by atoms with Crippen LogP contribution in [0.1, 0.15) is 23.1 Å². The van der Waals surface area contributed by atoms with Gasteiger partial charge in [-0.3, -0.25) is 0 Å². The Morgan fingerprint density at radius 2 is 1.37 bits per heavy atom. The van der Waals surface area contributed by atoms with E-state index in [0.29, 0.717) is 12.1 Å². The summed E-state index contributed by atoms with van der Waals surface area (Å²) in [6.45, 7) is 1.92. The van der Waals surface area contributed by atoms with E-state index in [1.165, 1.54) is 16.7 Å². The standard InChI is InChI=1S/C32H34N6/c1-37(2)28-20-27(21-33-22-28)36-30-29-18-19-38(31(29)35-23-34-30)32(24-12-6-3-7-13-24,25-14-8-4-9-15-25)26-16-10-5-11-17-26/h3-19,23,27-28,33H,20-22H2,1-2H3,(H,34,35,36). The summed E-state index contributed by atoms with van der Waals surface area (Å²) >= 11 is 0. The van der Waals surface area contributed by atoms with Crippen LogP contribution in [0.4, 0.5) is 5.82 Å². The van der Waals surface area contributed by atoms with E-state index in [2.05, 4.69) is 137 Å². The Kier molecular flexibility index (Phi) is 6.66. The highest BCUT2D eigenvalue weighted by Gasteiger charge is 2.39. The van der Waals surface area contributed by atoms with Crippen LogP contribution in [0.25, 0.3) is 11.0 Å². The number of benzene rings is 3. The summed E-state index contributed by atoms with van der Waals surface area (Å²) in [5, 5.41) is 8.33. The third-order valence-corrected chi connectivity index (χ3v) is 7.82. The van der Waals surface area contributed by atoms with Crippen LogP contribution in [-0.4, -0.2) is 58.7 Å². The lowest BCUT2D eigenvalue weighted by atomic mass is 9.76. The predicted molar refractivity (Wildman–Crippen MR) is 155 cm³/mol. The molecule has 192 valence electrons. The van der Waals surface area contributed by atoms with Gasteiger partial charge in [-0.15, -0.1) is 0 Å². The van der Waals surface area contributed by atoms with Crippen molar-refractivity contribution in [3.63, 3.8) is 0 Å². The van der Waals surface area contributed by atoms with Crippen LogP contribution in [0.2, 0.25) is 0 Å². The van der Waals surface area contributed by atoms with Gasteiger partial charge in [0, 0.05) is 31.4 Å². The Labute approximate surface area is 224 Å². The van der Waals surface area contributed by atoms with Gasteiger partial charge in [-0.25, -0.2) is 9.97 Å². The number of likely N-dealkylation sites (N-methyl/N-ethyl adjacent to an activating group) is 1. The number of anilines is 1. The molecule has 0 radical (unpaired) electrons. The molecule has 2 unspecified atom stereocenters. The molecule has 0 aliphatic carbocycles. The van der Waals surface area contributed by atoms with Gasteiger partial charge < -0.3 is 20.1 Å². The summed E-state index contributed by atoms with van der Waals surface area (Å²) in [4.78, 5) is 11.9. The predicted octanol–water partition coefficient (Wildman–Crippen LogP) is 4.98. The lowest BCUT2D eigenvalue weighted by Gasteiger charge is -2.38. The van der Waals surface area contributed by atoms with Crippen molar-refractivity contribution >= 4 is 16.9 Å². The van der Waals surface area contributed by atoms with E-state index < -0.39 is 5.54 Å². The molecule has 0 spiro atoms. The minimum Gasteiger partial charge on any atom is -0.365 e. The van der Waals surface area contributed by atoms with Gasteiger partial charge in [-0.1, -0.05) is 91.0 Å². The van der Waals surface area contributed by atoms with Crippen molar-refractivity contribution in [2.75, 3.05) is 32.5 Å². The van der Waals surface area contributed by atoms with Crippen molar-refractivity contribution in [2.45, 2.75) is 24.0 Å². The van der Waals surface area contributed by atoms with Gasteiger partial charge in [-0.2, -0.15) is 0 Å². The molecule has 2 N–H and O–H groups in total. The number of nitrogens with one attached hydrogen (secondary N) is 2. The minimum atomic E-state index is -0.612. The van der Waals surface area contributed by atoms with Crippen LogP contribution in [0, 0.1) is 0 Å². The fraction of sp³-hybridized carbons (Fsp3) is 0.250. The smallest absolute Gasteiger partial charge is 0.146 e. The van der Waals surface area contributed by atoms with E-state index in [9.17, 15) is 0 Å². The fourth-order valence-corrected chi connectivity index (χ4v) is 5.91. The second-order valence-corrected chi connectivity index (χ2v) is 10.3. The highest BCUT2D eigenvalue weighted by molar-refractivity contribution is 5.88. The molecule has 3 heterocycles. The van der Waals surface area contributed by atoms with E-state index in [-0.39, 0.29) is 0 Å². The van der Waals surface area contributed by atoms with Gasteiger partial charge in [0.05, 0.1) is 5.39 Å². The Morgan fingerprint density at radius 3 is 1.92 bits per heavy atom. The Bertz CT molecular complexity index is 1380. The molecule has 1 aliphatic rings. The topological polar surface area (TPSA) is 58.0 Å². The molecule has 2 aromatic heterocycles. The van der Waals surface area contributed by atoms with E-state index in [1.54, 1.807) is 6.33 Å². The van der Waals surface area contributed by atoms with Crippen LogP contribution in [0.5, 0.6) is 0 Å². The molecule has 2 atom stereocenters. The molecule has 6 heteroatoms. The average molecular weight is 503 g/mol. The van der Waals surface area contributed by atoms with Gasteiger partial charge >= 0.3 is 0 Å². The highest BCUT2D eigenvalue weighted by atomic mass is 15.2. The molecule has 0 saturated carbocycles. The normalized spacial score (nSPS) is 18.1. The van der Waals surface area contributed by atoms with Crippen molar-refractivity contribution in [1.29, 1.82) is 0 Å². The zero-order valence-electron chi connectivity index (χ0n) is 22.0. The number of aromatic nitrogens is 3. The van der Waals surface area contributed by atoms with Gasteiger partial charge in [0.2, 0.25) is 0 Å². The number of rotatable bonds is 7. The van der Waals surface area contributed by atoms with Crippen LogP contribution in [-0.2, 0) is 5.54 Å². The number of fused-ring (bicyclic) bond motifs is 1. The van der Waals surface area contributed by atoms with Crippen molar-refractivity contribution in [2.24, 2.45) is 0 Å². The first-order valence-electron chi connectivity index (χ1n) is 13.3. The molecule has 1 saturated heterocycles. The molecule has 6 nitrogen and oxygen atoms in total. The maximum absolute atomic E-state index is 4.87.